The quantitative estimate of drug-likeness (QED) is 0.437. The summed E-state index contributed by atoms with van der Waals surface area (Å²) in [5.74, 6) is -1.06. The van der Waals surface area contributed by atoms with Gasteiger partial charge in [-0.25, -0.2) is 0 Å². The molecule has 4 heteroatoms. The Morgan fingerprint density at radius 1 is 1.22 bits per heavy atom. The van der Waals surface area contributed by atoms with Crippen molar-refractivity contribution >= 4 is 31.2 Å². The first-order chi connectivity index (χ1) is 8.69. The zero-order valence-electron chi connectivity index (χ0n) is 10.7. The third-order valence-electron chi connectivity index (χ3n) is 2.34. The van der Waals surface area contributed by atoms with E-state index in [1.54, 1.807) is 6.92 Å². The fraction of sp³-hybridized carbons (Fsp3) is 0.429. The molecule has 1 atom stereocenters. The second kappa shape index (κ2) is 8.06. The maximum atomic E-state index is 12.0. The van der Waals surface area contributed by atoms with Gasteiger partial charge in [0.25, 0.3) is 0 Å². The molecule has 0 fully saturated rings. The van der Waals surface area contributed by atoms with E-state index >= 15 is 0 Å². The Morgan fingerprint density at radius 3 is 2.44 bits per heavy atom. The molecule has 0 N–H and O–H groups in total. The van der Waals surface area contributed by atoms with Crippen molar-refractivity contribution in [2.75, 3.05) is 6.61 Å². The molecular weight excluding hydrogens is 295 g/mol. The van der Waals surface area contributed by atoms with Crippen molar-refractivity contribution in [1.82, 2.24) is 0 Å². The summed E-state index contributed by atoms with van der Waals surface area (Å²) >= 11 is -0.0128. The Kier molecular flexibility index (Phi) is 6.69. The number of hydrogen-bond acceptors (Lipinski definition) is 3. The van der Waals surface area contributed by atoms with Gasteiger partial charge < -0.3 is 0 Å². The fourth-order valence-corrected chi connectivity index (χ4v) is 4.02. The van der Waals surface area contributed by atoms with Gasteiger partial charge in [0.15, 0.2) is 0 Å². The first kappa shape index (κ1) is 14.9. The normalized spacial score (nSPS) is 11.9. The minimum absolute atomic E-state index is 0.0128. The van der Waals surface area contributed by atoms with Gasteiger partial charge in [-0.1, -0.05) is 0 Å². The zero-order valence-corrected chi connectivity index (χ0v) is 12.4. The Morgan fingerprint density at radius 2 is 1.89 bits per heavy atom. The van der Waals surface area contributed by atoms with E-state index in [-0.39, 0.29) is 32.2 Å². The number of hydrogen-bond donors (Lipinski definition) is 0. The van der Waals surface area contributed by atoms with E-state index < -0.39 is 5.97 Å². The molecule has 1 aromatic rings. The average Bonchev–Trinajstić information content (AvgIpc) is 2.39. The van der Waals surface area contributed by atoms with E-state index in [1.807, 2.05) is 37.3 Å². The summed E-state index contributed by atoms with van der Waals surface area (Å²) in [6.07, 6.45) is 1.64. The Hall–Kier alpha value is -1.12. The van der Waals surface area contributed by atoms with Gasteiger partial charge in [-0.3, -0.25) is 0 Å². The summed E-state index contributed by atoms with van der Waals surface area (Å²) in [4.78, 5) is 23.3. The molecular formula is C14H18O3Se. The van der Waals surface area contributed by atoms with Crippen LogP contribution in [0.5, 0.6) is 0 Å². The maximum absolute atomic E-state index is 12.0. The van der Waals surface area contributed by atoms with E-state index in [2.05, 4.69) is 0 Å². The topological polar surface area (TPSA) is 43.4 Å². The summed E-state index contributed by atoms with van der Waals surface area (Å²) in [5, 5.41) is 0. The third-order valence-corrected chi connectivity index (χ3v) is 5.02. The number of Topliss-reactive ketones (excluding diaryl/α,β-unsaturated/α-hetero) is 1. The van der Waals surface area contributed by atoms with Crippen LogP contribution in [-0.4, -0.2) is 33.3 Å². The molecule has 18 heavy (non-hydrogen) atoms. The van der Waals surface area contributed by atoms with Crippen LogP contribution in [0.15, 0.2) is 30.3 Å². The molecule has 0 bridgehead atoms. The summed E-state index contributed by atoms with van der Waals surface area (Å²) in [7, 11) is 0. The number of carbonyl (C=O) groups is 2. The van der Waals surface area contributed by atoms with E-state index in [1.165, 1.54) is 0 Å². The van der Waals surface area contributed by atoms with Crippen molar-refractivity contribution in [3.05, 3.63) is 30.3 Å². The Labute approximate surface area is 114 Å². The first-order valence-electron chi connectivity index (χ1n) is 6.11. The van der Waals surface area contributed by atoms with Crippen LogP contribution < -0.4 is 4.46 Å². The van der Waals surface area contributed by atoms with Crippen LogP contribution in [-0.2, 0) is 14.3 Å². The Bertz CT molecular complexity index is 389. The van der Waals surface area contributed by atoms with Crippen LogP contribution in [0.1, 0.15) is 26.7 Å². The summed E-state index contributed by atoms with van der Waals surface area (Å²) in [6.45, 7) is 3.98. The molecule has 3 nitrogen and oxygen atoms in total. The number of carbonyl (C=O) groups excluding carboxylic acids is 2. The van der Waals surface area contributed by atoms with Gasteiger partial charge in [-0.15, -0.1) is 0 Å². The number of rotatable bonds is 7. The zero-order chi connectivity index (χ0) is 13.4. The number of benzene rings is 1. The number of ether oxygens (including phenoxy) is 1. The van der Waals surface area contributed by atoms with Gasteiger partial charge in [-0.2, -0.15) is 0 Å². The molecule has 0 saturated carbocycles. The van der Waals surface area contributed by atoms with E-state index in [4.69, 9.17) is 4.74 Å². The van der Waals surface area contributed by atoms with Gasteiger partial charge in [0.05, 0.1) is 0 Å². The van der Waals surface area contributed by atoms with Crippen molar-refractivity contribution in [3.63, 3.8) is 0 Å². The second-order valence-electron chi connectivity index (χ2n) is 3.79. The molecule has 0 aliphatic carbocycles. The SMILES string of the molecule is CCCC([Se]c1ccccc1)C(=O)C(=O)OCC. The van der Waals surface area contributed by atoms with Crippen molar-refractivity contribution in [3.8, 4) is 0 Å². The number of ketones is 1. The molecule has 0 saturated heterocycles. The molecule has 1 unspecified atom stereocenters. The molecule has 0 radical (unpaired) electrons. The molecule has 0 spiro atoms. The minimum atomic E-state index is -0.686. The molecule has 0 amide bonds. The predicted molar refractivity (Wildman–Crippen MR) is 72.1 cm³/mol. The molecule has 0 aromatic heterocycles. The number of esters is 1. The van der Waals surface area contributed by atoms with Crippen LogP contribution in [0.2, 0.25) is 4.82 Å². The van der Waals surface area contributed by atoms with Gasteiger partial charge in [0.2, 0.25) is 0 Å². The molecule has 0 heterocycles. The molecule has 98 valence electrons. The first-order valence-corrected chi connectivity index (χ1v) is 7.96. The molecule has 1 aromatic carbocycles. The summed E-state index contributed by atoms with van der Waals surface area (Å²) < 4.78 is 5.93. The average molecular weight is 313 g/mol. The van der Waals surface area contributed by atoms with E-state index in [0.29, 0.717) is 0 Å². The summed E-state index contributed by atoms with van der Waals surface area (Å²) in [6, 6.07) is 9.85. The van der Waals surface area contributed by atoms with Crippen LogP contribution in [0.4, 0.5) is 0 Å². The van der Waals surface area contributed by atoms with Gasteiger partial charge in [-0.05, 0) is 0 Å². The standard InChI is InChI=1S/C14H18O3Se/c1-3-8-12(13(15)14(16)17-4-2)18-11-9-6-5-7-10-11/h5-7,9-10,12H,3-4,8H2,1-2H3. The fourth-order valence-electron chi connectivity index (χ4n) is 1.50. The van der Waals surface area contributed by atoms with Gasteiger partial charge >= 0.3 is 114 Å². The van der Waals surface area contributed by atoms with Crippen molar-refractivity contribution < 1.29 is 14.3 Å². The van der Waals surface area contributed by atoms with E-state index in [0.717, 1.165) is 17.3 Å². The van der Waals surface area contributed by atoms with Crippen LogP contribution >= 0.6 is 0 Å². The van der Waals surface area contributed by atoms with Gasteiger partial charge in [0, 0.05) is 0 Å². The van der Waals surface area contributed by atoms with Crippen molar-refractivity contribution in [2.24, 2.45) is 0 Å². The van der Waals surface area contributed by atoms with Crippen molar-refractivity contribution in [1.29, 1.82) is 0 Å². The Balaban J connectivity index is 2.70. The van der Waals surface area contributed by atoms with Crippen LogP contribution in [0.25, 0.3) is 0 Å². The van der Waals surface area contributed by atoms with Crippen molar-refractivity contribution in [2.45, 2.75) is 31.5 Å². The van der Waals surface area contributed by atoms with Gasteiger partial charge in [0.1, 0.15) is 0 Å². The summed E-state index contributed by atoms with van der Waals surface area (Å²) in [5.41, 5.74) is 0. The third kappa shape index (κ3) is 4.63. The predicted octanol–water partition coefficient (Wildman–Crippen LogP) is 1.74. The molecule has 1 rings (SSSR count). The monoisotopic (exact) mass is 314 g/mol. The van der Waals surface area contributed by atoms with Crippen LogP contribution in [0.3, 0.4) is 0 Å². The second-order valence-corrected chi connectivity index (χ2v) is 6.47. The molecule has 0 aliphatic heterocycles. The molecule has 0 aliphatic rings. The van der Waals surface area contributed by atoms with Crippen LogP contribution in [0, 0.1) is 0 Å². The van der Waals surface area contributed by atoms with E-state index in [9.17, 15) is 9.59 Å².